The highest BCUT2D eigenvalue weighted by atomic mass is 16.3. The molecular weight excluding hydrogens is 232 g/mol. The summed E-state index contributed by atoms with van der Waals surface area (Å²) in [6, 6.07) is 8.26. The van der Waals surface area contributed by atoms with Crippen LogP contribution in [0, 0.1) is 0 Å². The van der Waals surface area contributed by atoms with Crippen molar-refractivity contribution in [2.75, 3.05) is 5.32 Å². The predicted molar refractivity (Wildman–Crippen MR) is 66.2 cm³/mol. The average molecular weight is 244 g/mol. The zero-order chi connectivity index (χ0) is 13.0. The van der Waals surface area contributed by atoms with Crippen molar-refractivity contribution in [2.24, 2.45) is 5.73 Å². The van der Waals surface area contributed by atoms with E-state index in [1.54, 1.807) is 36.5 Å². The van der Waals surface area contributed by atoms with Crippen molar-refractivity contribution in [2.45, 2.75) is 6.61 Å². The van der Waals surface area contributed by atoms with Crippen LogP contribution >= 0.6 is 0 Å². The van der Waals surface area contributed by atoms with Gasteiger partial charge in [0.25, 0.3) is 0 Å². The summed E-state index contributed by atoms with van der Waals surface area (Å²) in [5.41, 5.74) is 6.84. The minimum absolute atomic E-state index is 0.141. The van der Waals surface area contributed by atoms with E-state index in [2.05, 4.69) is 15.3 Å². The second-order valence-electron chi connectivity index (χ2n) is 3.60. The number of aliphatic hydroxyl groups is 1. The van der Waals surface area contributed by atoms with Gasteiger partial charge in [-0.05, 0) is 30.3 Å². The normalized spacial score (nSPS) is 10.1. The zero-order valence-electron chi connectivity index (χ0n) is 9.50. The number of carbonyl (C=O) groups excluding carboxylic acids is 1. The molecule has 1 amide bonds. The number of nitrogens with two attached hydrogens (primary N) is 1. The van der Waals surface area contributed by atoms with Gasteiger partial charge in [-0.15, -0.1) is 0 Å². The van der Waals surface area contributed by atoms with Crippen LogP contribution < -0.4 is 11.1 Å². The maximum atomic E-state index is 10.9. The summed E-state index contributed by atoms with van der Waals surface area (Å²) >= 11 is 0. The minimum Gasteiger partial charge on any atom is -0.390 e. The van der Waals surface area contributed by atoms with Gasteiger partial charge in [0.1, 0.15) is 0 Å². The summed E-state index contributed by atoms with van der Waals surface area (Å²) in [6.45, 7) is -0.141. The van der Waals surface area contributed by atoms with E-state index in [0.29, 0.717) is 17.2 Å². The highest BCUT2D eigenvalue weighted by Gasteiger charge is 2.02. The highest BCUT2D eigenvalue weighted by Crippen LogP contribution is 2.13. The number of aromatic nitrogens is 2. The quantitative estimate of drug-likeness (QED) is 0.738. The molecular formula is C12H12N4O2. The molecule has 0 fully saturated rings. The number of amides is 1. The molecule has 6 nitrogen and oxygen atoms in total. The van der Waals surface area contributed by atoms with Crippen LogP contribution in [0.5, 0.6) is 0 Å². The van der Waals surface area contributed by atoms with E-state index >= 15 is 0 Å². The van der Waals surface area contributed by atoms with Gasteiger partial charge in [-0.2, -0.15) is 0 Å². The van der Waals surface area contributed by atoms with Gasteiger partial charge >= 0.3 is 0 Å². The number of carbonyl (C=O) groups is 1. The molecule has 0 aliphatic heterocycles. The van der Waals surface area contributed by atoms with Crippen molar-refractivity contribution in [1.29, 1.82) is 0 Å². The van der Waals surface area contributed by atoms with E-state index in [-0.39, 0.29) is 6.61 Å². The fraction of sp³-hybridized carbons (Fsp3) is 0.0833. The lowest BCUT2D eigenvalue weighted by atomic mass is 10.2. The lowest BCUT2D eigenvalue weighted by Gasteiger charge is -2.05. The summed E-state index contributed by atoms with van der Waals surface area (Å²) in [5.74, 6) is -0.0894. The van der Waals surface area contributed by atoms with Gasteiger partial charge in [0, 0.05) is 17.4 Å². The number of rotatable bonds is 4. The number of anilines is 2. The molecule has 0 spiro atoms. The van der Waals surface area contributed by atoms with E-state index < -0.39 is 5.91 Å². The topological polar surface area (TPSA) is 101 Å². The highest BCUT2D eigenvalue weighted by molar-refractivity contribution is 5.93. The van der Waals surface area contributed by atoms with E-state index in [4.69, 9.17) is 10.8 Å². The molecule has 4 N–H and O–H groups in total. The SMILES string of the molecule is NC(=O)c1ccc(Nc2nccc(CO)n2)cc1. The van der Waals surface area contributed by atoms with Crippen LogP contribution in [0.25, 0.3) is 0 Å². The Kier molecular flexibility index (Phi) is 3.49. The number of hydrogen-bond acceptors (Lipinski definition) is 5. The number of nitrogens with one attached hydrogen (secondary N) is 1. The molecule has 0 radical (unpaired) electrons. The van der Waals surface area contributed by atoms with Gasteiger partial charge in [-0.25, -0.2) is 9.97 Å². The molecule has 92 valence electrons. The minimum atomic E-state index is -0.472. The summed E-state index contributed by atoms with van der Waals surface area (Å²) in [5, 5.41) is 11.9. The number of benzene rings is 1. The molecule has 2 rings (SSSR count). The van der Waals surface area contributed by atoms with Crippen LogP contribution in [0.4, 0.5) is 11.6 Å². The Bertz CT molecular complexity index is 554. The van der Waals surface area contributed by atoms with Crippen molar-refractivity contribution in [3.8, 4) is 0 Å². The zero-order valence-corrected chi connectivity index (χ0v) is 9.50. The van der Waals surface area contributed by atoms with Crippen molar-refractivity contribution >= 4 is 17.5 Å². The Morgan fingerprint density at radius 1 is 1.28 bits per heavy atom. The Morgan fingerprint density at radius 2 is 2.00 bits per heavy atom. The third-order valence-electron chi connectivity index (χ3n) is 2.30. The van der Waals surface area contributed by atoms with E-state index in [1.165, 1.54) is 0 Å². The molecule has 0 atom stereocenters. The molecule has 0 aliphatic carbocycles. The van der Waals surface area contributed by atoms with Gasteiger partial charge in [0.2, 0.25) is 11.9 Å². The first-order valence-corrected chi connectivity index (χ1v) is 5.28. The lowest BCUT2D eigenvalue weighted by molar-refractivity contribution is 0.100. The third kappa shape index (κ3) is 2.80. The fourth-order valence-corrected chi connectivity index (χ4v) is 1.39. The number of primary amides is 1. The Hall–Kier alpha value is -2.47. The van der Waals surface area contributed by atoms with Crippen LogP contribution in [0.15, 0.2) is 36.5 Å². The number of aliphatic hydroxyl groups excluding tert-OH is 1. The van der Waals surface area contributed by atoms with Gasteiger partial charge in [-0.1, -0.05) is 0 Å². The van der Waals surface area contributed by atoms with Crippen LogP contribution in [0.1, 0.15) is 16.1 Å². The molecule has 0 unspecified atom stereocenters. The first-order valence-electron chi connectivity index (χ1n) is 5.28. The smallest absolute Gasteiger partial charge is 0.248 e. The van der Waals surface area contributed by atoms with Gasteiger partial charge in [-0.3, -0.25) is 4.79 Å². The molecule has 1 aromatic heterocycles. The molecule has 2 aromatic rings. The monoisotopic (exact) mass is 244 g/mol. The summed E-state index contributed by atoms with van der Waals surface area (Å²) in [4.78, 5) is 19.0. The largest absolute Gasteiger partial charge is 0.390 e. The second-order valence-corrected chi connectivity index (χ2v) is 3.60. The molecule has 6 heteroatoms. The summed E-state index contributed by atoms with van der Waals surface area (Å²) in [7, 11) is 0. The predicted octanol–water partition coefficient (Wildman–Crippen LogP) is 0.811. The maximum absolute atomic E-state index is 10.9. The maximum Gasteiger partial charge on any atom is 0.248 e. The first kappa shape index (κ1) is 12.0. The van der Waals surface area contributed by atoms with Gasteiger partial charge < -0.3 is 16.2 Å². The van der Waals surface area contributed by atoms with Crippen LogP contribution in [-0.4, -0.2) is 21.0 Å². The van der Waals surface area contributed by atoms with Crippen LogP contribution in [0.2, 0.25) is 0 Å². The summed E-state index contributed by atoms with van der Waals surface area (Å²) < 4.78 is 0. The Balaban J connectivity index is 2.15. The molecule has 0 bridgehead atoms. The van der Waals surface area contributed by atoms with E-state index in [0.717, 1.165) is 5.69 Å². The Labute approximate surface area is 104 Å². The molecule has 0 saturated carbocycles. The molecule has 0 saturated heterocycles. The lowest BCUT2D eigenvalue weighted by Crippen LogP contribution is -2.10. The number of nitrogens with zero attached hydrogens (tertiary/aromatic N) is 2. The third-order valence-corrected chi connectivity index (χ3v) is 2.30. The molecule has 18 heavy (non-hydrogen) atoms. The first-order chi connectivity index (χ1) is 8.69. The van der Waals surface area contributed by atoms with E-state index in [1.807, 2.05) is 0 Å². The molecule has 1 heterocycles. The second kappa shape index (κ2) is 5.24. The average Bonchev–Trinajstić information content (AvgIpc) is 2.39. The van der Waals surface area contributed by atoms with E-state index in [9.17, 15) is 4.79 Å². The van der Waals surface area contributed by atoms with Gasteiger partial charge in [0.15, 0.2) is 0 Å². The van der Waals surface area contributed by atoms with Crippen molar-refractivity contribution in [1.82, 2.24) is 9.97 Å². The van der Waals surface area contributed by atoms with Crippen LogP contribution in [0.3, 0.4) is 0 Å². The fourth-order valence-electron chi connectivity index (χ4n) is 1.39. The molecule has 1 aromatic carbocycles. The van der Waals surface area contributed by atoms with Gasteiger partial charge in [0.05, 0.1) is 12.3 Å². The van der Waals surface area contributed by atoms with Crippen molar-refractivity contribution in [3.05, 3.63) is 47.8 Å². The van der Waals surface area contributed by atoms with Crippen molar-refractivity contribution < 1.29 is 9.90 Å². The van der Waals surface area contributed by atoms with Crippen molar-refractivity contribution in [3.63, 3.8) is 0 Å². The Morgan fingerprint density at radius 3 is 2.61 bits per heavy atom. The number of hydrogen-bond donors (Lipinski definition) is 3. The van der Waals surface area contributed by atoms with Crippen LogP contribution in [-0.2, 0) is 6.61 Å². The standard InChI is InChI=1S/C12H12N4O2/c13-11(18)8-1-3-9(4-2-8)15-12-14-6-5-10(7-17)16-12/h1-6,17H,7H2,(H2,13,18)(H,14,15,16). The molecule has 0 aliphatic rings. The summed E-state index contributed by atoms with van der Waals surface area (Å²) in [6.07, 6.45) is 1.55.